The molecule has 54 heavy (non-hydrogen) atoms. The van der Waals surface area contributed by atoms with E-state index in [2.05, 4.69) is 4.74 Å². The van der Waals surface area contributed by atoms with Gasteiger partial charge in [-0.25, -0.2) is 23.2 Å². The van der Waals surface area contributed by atoms with Crippen LogP contribution in [0.25, 0.3) is 10.9 Å². The molecule has 1 amide bonds. The standard InChI is InChI=1S/C31H33F2N3O16P2/c32-21-10-19-23(35(16-1-2-16)13-20(26(19)38)27(39)40)11-24(21)34-7-5-31(6-8-34,52-29(42)51-30(53(43,44)45)54(46,47)48)15-49-25-4-3-17(9-22(25)33)36-12-18(14-37)50-28(36)41/h3-4,9-11,13,16,18,30,37H,1-2,5-8,12,14-15H2,(H,39,40)(H2,43,44,45)(H2,46,47,48)/t18-/m1/s1. The number of carboxylic acid groups (broad SMARTS) is 1. The zero-order valence-corrected chi connectivity index (χ0v) is 29.6. The second-order valence-corrected chi connectivity index (χ2v) is 16.7. The van der Waals surface area contributed by atoms with Crippen molar-refractivity contribution >= 4 is 55.7 Å². The summed E-state index contributed by atoms with van der Waals surface area (Å²) in [6, 6.07) is 5.58. The smallest absolute Gasteiger partial charge is 0.486 e. The molecular formula is C31H33F2N3O16P2. The summed E-state index contributed by atoms with van der Waals surface area (Å²) in [4.78, 5) is 89.9. The van der Waals surface area contributed by atoms with Crippen LogP contribution in [-0.2, 0) is 23.3 Å². The molecule has 19 nitrogen and oxygen atoms in total. The van der Waals surface area contributed by atoms with Crippen molar-refractivity contribution in [2.75, 3.05) is 42.6 Å². The first kappa shape index (κ1) is 39.1. The number of halogens is 2. The molecule has 0 spiro atoms. The van der Waals surface area contributed by atoms with E-state index in [0.717, 1.165) is 23.1 Å². The molecule has 1 atom stereocenters. The number of fused-ring (bicyclic) bond motifs is 1. The number of aromatic carboxylic acids is 1. The number of carboxylic acids is 1. The van der Waals surface area contributed by atoms with Crippen LogP contribution in [0.5, 0.6) is 5.75 Å². The van der Waals surface area contributed by atoms with Crippen molar-refractivity contribution in [1.82, 2.24) is 4.57 Å². The van der Waals surface area contributed by atoms with Crippen LogP contribution in [0.4, 0.5) is 29.7 Å². The molecule has 3 aliphatic rings. The molecule has 2 saturated heterocycles. The predicted molar refractivity (Wildman–Crippen MR) is 180 cm³/mol. The lowest BCUT2D eigenvalue weighted by atomic mass is 9.91. The van der Waals surface area contributed by atoms with E-state index in [1.54, 1.807) is 4.57 Å². The van der Waals surface area contributed by atoms with E-state index < -0.39 is 92.3 Å². The molecular weight excluding hydrogens is 770 g/mol. The van der Waals surface area contributed by atoms with Gasteiger partial charge in [-0.1, -0.05) is 0 Å². The summed E-state index contributed by atoms with van der Waals surface area (Å²) >= 11 is 0. The first-order valence-corrected chi connectivity index (χ1v) is 19.5. The van der Waals surface area contributed by atoms with Gasteiger partial charge in [-0.15, -0.1) is 0 Å². The first-order chi connectivity index (χ1) is 25.3. The molecule has 292 valence electrons. The first-order valence-electron chi connectivity index (χ1n) is 16.2. The molecule has 1 aliphatic carbocycles. The van der Waals surface area contributed by atoms with Gasteiger partial charge in [-0.05, 0) is 37.1 Å². The lowest BCUT2D eigenvalue weighted by Crippen LogP contribution is -2.51. The number of nitrogens with zero attached hydrogens (tertiary/aromatic N) is 3. The predicted octanol–water partition coefficient (Wildman–Crippen LogP) is 2.84. The number of hydrogen-bond donors (Lipinski definition) is 6. The van der Waals surface area contributed by atoms with Gasteiger partial charge in [0, 0.05) is 49.6 Å². The number of carbonyl (C=O) groups is 3. The number of amides is 1. The third kappa shape index (κ3) is 8.07. The molecule has 0 radical (unpaired) electrons. The average Bonchev–Trinajstić information content (AvgIpc) is 3.86. The Hall–Kier alpha value is -4.62. The summed E-state index contributed by atoms with van der Waals surface area (Å²) < 4.78 is 76.4. The summed E-state index contributed by atoms with van der Waals surface area (Å²) in [7, 11) is -11.5. The Kier molecular flexibility index (Phi) is 10.5. The fourth-order valence-corrected chi connectivity index (χ4v) is 8.29. The van der Waals surface area contributed by atoms with Crippen molar-refractivity contribution < 1.29 is 81.0 Å². The van der Waals surface area contributed by atoms with Gasteiger partial charge in [0.1, 0.15) is 24.1 Å². The molecule has 6 rings (SSSR count). The number of ether oxygens (including phenoxy) is 4. The number of rotatable bonds is 12. The van der Waals surface area contributed by atoms with E-state index >= 15 is 8.78 Å². The van der Waals surface area contributed by atoms with Gasteiger partial charge in [-0.3, -0.25) is 18.8 Å². The van der Waals surface area contributed by atoms with Crippen LogP contribution in [0, 0.1) is 11.6 Å². The highest BCUT2D eigenvalue weighted by Gasteiger charge is 2.49. The Morgan fingerprint density at radius 2 is 1.67 bits per heavy atom. The zero-order chi connectivity index (χ0) is 39.3. The van der Waals surface area contributed by atoms with Crippen molar-refractivity contribution in [3.05, 3.63) is 63.9 Å². The lowest BCUT2D eigenvalue weighted by Gasteiger charge is -2.41. The third-order valence-corrected chi connectivity index (χ3v) is 12.3. The van der Waals surface area contributed by atoms with E-state index in [4.69, 9.17) is 14.2 Å². The van der Waals surface area contributed by atoms with Gasteiger partial charge >= 0.3 is 39.0 Å². The van der Waals surface area contributed by atoms with Crippen LogP contribution >= 0.6 is 15.2 Å². The quantitative estimate of drug-likeness (QED) is 0.113. The average molecular weight is 804 g/mol. The molecule has 1 saturated carbocycles. The van der Waals surface area contributed by atoms with Gasteiger partial charge in [0.15, 0.2) is 17.2 Å². The maximum absolute atomic E-state index is 15.7. The SMILES string of the molecule is O=C(OC(P(=O)(O)O)P(=O)(O)O)OC1(COc2ccc(N3C[C@H](CO)OC3=O)cc2F)CCN(c2cc3c(cc2F)c(=O)c(C(=O)O)cn3C2CC2)CC1. The van der Waals surface area contributed by atoms with Gasteiger partial charge in [0.05, 0.1) is 30.0 Å². The number of benzene rings is 2. The summed E-state index contributed by atoms with van der Waals surface area (Å²) in [6.07, 6.45) is -1.47. The summed E-state index contributed by atoms with van der Waals surface area (Å²) in [5.41, 5.74) is -6.11. The number of aliphatic hydroxyl groups excluding tert-OH is 1. The van der Waals surface area contributed by atoms with Gasteiger partial charge in [0.25, 0.3) is 0 Å². The Labute approximate surface area is 302 Å². The third-order valence-electron chi connectivity index (χ3n) is 9.16. The van der Waals surface area contributed by atoms with Crippen LogP contribution in [0.1, 0.15) is 42.1 Å². The van der Waals surface area contributed by atoms with Crippen molar-refractivity contribution in [1.29, 1.82) is 0 Å². The normalized spacial score (nSPS) is 18.9. The number of aromatic nitrogens is 1. The largest absolute Gasteiger partial charge is 0.510 e. The highest BCUT2D eigenvalue weighted by atomic mass is 31.2. The Morgan fingerprint density at radius 3 is 2.22 bits per heavy atom. The van der Waals surface area contributed by atoms with Gasteiger partial charge in [0.2, 0.25) is 5.43 Å². The highest BCUT2D eigenvalue weighted by molar-refractivity contribution is 7.70. The van der Waals surface area contributed by atoms with Crippen LogP contribution in [0.2, 0.25) is 0 Å². The number of pyridine rings is 1. The molecule has 23 heteroatoms. The summed E-state index contributed by atoms with van der Waals surface area (Å²) in [5, 5.41) is 18.7. The Bertz CT molecular complexity index is 2140. The van der Waals surface area contributed by atoms with E-state index in [-0.39, 0.29) is 60.8 Å². The molecule has 3 heterocycles. The maximum Gasteiger partial charge on any atom is 0.510 e. The monoisotopic (exact) mass is 803 g/mol. The lowest BCUT2D eigenvalue weighted by molar-refractivity contribution is -0.0717. The van der Waals surface area contributed by atoms with Crippen LogP contribution in [-0.4, -0.2) is 103 Å². The fourth-order valence-electron chi connectivity index (χ4n) is 6.27. The molecule has 6 N–H and O–H groups in total. The number of hydrogen-bond acceptors (Lipinski definition) is 12. The Balaban J connectivity index is 1.26. The second-order valence-electron chi connectivity index (χ2n) is 13.0. The van der Waals surface area contributed by atoms with E-state index in [1.807, 2.05) is 0 Å². The van der Waals surface area contributed by atoms with Crippen molar-refractivity contribution in [3.8, 4) is 5.75 Å². The highest BCUT2D eigenvalue weighted by Crippen LogP contribution is 2.60. The molecule has 0 bridgehead atoms. The molecule has 2 aliphatic heterocycles. The van der Waals surface area contributed by atoms with Crippen molar-refractivity contribution in [2.24, 2.45) is 0 Å². The van der Waals surface area contributed by atoms with Crippen molar-refractivity contribution in [2.45, 2.75) is 49.0 Å². The molecule has 3 fully saturated rings. The number of aliphatic hydroxyl groups is 1. The number of anilines is 2. The minimum absolute atomic E-state index is 0.00922. The number of piperidine rings is 1. The molecule has 2 aromatic carbocycles. The topological polar surface area (TPSA) is 272 Å². The van der Waals surface area contributed by atoms with Crippen molar-refractivity contribution in [3.63, 3.8) is 0 Å². The second kappa shape index (κ2) is 14.6. The number of carbonyl (C=O) groups excluding carboxylic acids is 2. The maximum atomic E-state index is 15.7. The minimum atomic E-state index is -5.74. The summed E-state index contributed by atoms with van der Waals surface area (Å²) in [5.74, 6) is -3.75. The molecule has 3 aromatic rings. The van der Waals surface area contributed by atoms with E-state index in [0.29, 0.717) is 12.8 Å². The van der Waals surface area contributed by atoms with Gasteiger partial charge in [-0.2, -0.15) is 0 Å². The van der Waals surface area contributed by atoms with Crippen LogP contribution in [0.15, 0.2) is 41.3 Å². The minimum Gasteiger partial charge on any atom is -0.486 e. The molecule has 0 unspecified atom stereocenters. The number of cyclic esters (lactones) is 1. The molecule has 1 aromatic heterocycles. The summed E-state index contributed by atoms with van der Waals surface area (Å²) in [6.45, 7) is -1.45. The van der Waals surface area contributed by atoms with Crippen LogP contribution < -0.4 is 20.0 Å². The fraction of sp³-hybridized carbons (Fsp3) is 0.419. The van der Waals surface area contributed by atoms with E-state index in [9.17, 15) is 58.1 Å². The Morgan fingerprint density at radius 1 is 1.00 bits per heavy atom. The zero-order valence-electron chi connectivity index (χ0n) is 27.8. The van der Waals surface area contributed by atoms with Crippen LogP contribution in [0.3, 0.4) is 0 Å². The van der Waals surface area contributed by atoms with E-state index in [1.165, 1.54) is 23.2 Å². The van der Waals surface area contributed by atoms with Gasteiger partial charge < -0.3 is 58.2 Å².